The molecule has 220 valence electrons. The van der Waals surface area contributed by atoms with E-state index in [1.54, 1.807) is 0 Å². The summed E-state index contributed by atoms with van der Waals surface area (Å²) in [7, 11) is -1.72. The maximum atomic E-state index is 15.5. The Labute approximate surface area is 232 Å². The van der Waals surface area contributed by atoms with Gasteiger partial charge in [-0.25, -0.2) is 22.8 Å². The maximum Gasteiger partial charge on any atom is 0.417 e. The Kier molecular flexibility index (Phi) is 8.09. The van der Waals surface area contributed by atoms with Crippen LogP contribution in [-0.4, -0.2) is 72.7 Å². The molecule has 1 aliphatic heterocycles. The highest BCUT2D eigenvalue weighted by molar-refractivity contribution is 7.91. The van der Waals surface area contributed by atoms with Crippen molar-refractivity contribution < 1.29 is 30.8 Å². The number of anilines is 3. The molecule has 3 aromatic rings. The van der Waals surface area contributed by atoms with Crippen LogP contribution >= 0.6 is 0 Å². The van der Waals surface area contributed by atoms with Crippen LogP contribution in [0.1, 0.15) is 29.8 Å². The fraction of sp³-hybridized carbons (Fsp3) is 0.360. The zero-order chi connectivity index (χ0) is 30.3. The average Bonchev–Trinajstić information content (AvgIpc) is 2.86. The van der Waals surface area contributed by atoms with Crippen LogP contribution in [0.5, 0.6) is 0 Å². The van der Waals surface area contributed by atoms with Crippen molar-refractivity contribution in [2.24, 2.45) is 0 Å². The highest BCUT2D eigenvalue weighted by atomic mass is 32.2. The quantitative estimate of drug-likeness (QED) is 0.368. The molecular formula is C25H27F4N7O4S. The van der Waals surface area contributed by atoms with Gasteiger partial charge in [0, 0.05) is 61.0 Å². The molecule has 3 N–H and O–H groups in total. The van der Waals surface area contributed by atoms with Crippen molar-refractivity contribution in [2.75, 3.05) is 41.3 Å². The number of H-pyrrole nitrogens is 1. The number of hydrogen-bond donors (Lipinski definition) is 3. The number of aromatic amines is 1. The van der Waals surface area contributed by atoms with Crippen LogP contribution in [0.2, 0.25) is 0 Å². The number of pyridine rings is 1. The number of sulfonamides is 1. The first-order chi connectivity index (χ1) is 19.0. The molecular weight excluding hydrogens is 570 g/mol. The van der Waals surface area contributed by atoms with E-state index in [1.807, 2.05) is 25.8 Å². The lowest BCUT2D eigenvalue weighted by Gasteiger charge is -2.44. The lowest BCUT2D eigenvalue weighted by atomic mass is 10.0. The third-order valence-electron chi connectivity index (χ3n) is 6.75. The molecule has 0 aliphatic carbocycles. The van der Waals surface area contributed by atoms with E-state index in [0.29, 0.717) is 25.4 Å². The standard InChI is InChI=1S/C25H27F4N7O4S/c1-13-11-36(12-14(2)35(13)3)21-7-19(26)16(15-8-31-24(32-9-15)34-41(4,39)40)5-20(21)33-23(38)17-10-30-22(37)6-18(17)25(27,28)29/h5-10,13-14H,11-12H2,1-4H3,(H,30,37)(H,33,38)(H,31,32,34). The summed E-state index contributed by atoms with van der Waals surface area (Å²) in [6.07, 6.45) is -1.09. The monoisotopic (exact) mass is 597 g/mol. The minimum absolute atomic E-state index is 0.00742. The van der Waals surface area contributed by atoms with Crippen LogP contribution in [-0.2, 0) is 16.2 Å². The van der Waals surface area contributed by atoms with Crippen molar-refractivity contribution in [1.29, 1.82) is 0 Å². The summed E-state index contributed by atoms with van der Waals surface area (Å²) >= 11 is 0. The highest BCUT2D eigenvalue weighted by Gasteiger charge is 2.36. The average molecular weight is 598 g/mol. The number of carbonyl (C=O) groups is 1. The smallest absolute Gasteiger partial charge is 0.367 e. The van der Waals surface area contributed by atoms with Crippen LogP contribution in [0.25, 0.3) is 11.1 Å². The van der Waals surface area contributed by atoms with Crippen LogP contribution in [0.15, 0.2) is 41.6 Å². The molecule has 2 atom stereocenters. The van der Waals surface area contributed by atoms with Gasteiger partial charge in [-0.1, -0.05) is 0 Å². The maximum absolute atomic E-state index is 15.5. The van der Waals surface area contributed by atoms with E-state index in [-0.39, 0.29) is 40.5 Å². The van der Waals surface area contributed by atoms with Crippen LogP contribution in [0.4, 0.5) is 34.9 Å². The zero-order valence-corrected chi connectivity index (χ0v) is 23.2. The van der Waals surface area contributed by atoms with Crippen molar-refractivity contribution in [1.82, 2.24) is 19.9 Å². The van der Waals surface area contributed by atoms with Crippen LogP contribution < -0.4 is 20.5 Å². The van der Waals surface area contributed by atoms with E-state index < -0.39 is 44.6 Å². The van der Waals surface area contributed by atoms with E-state index in [9.17, 15) is 31.2 Å². The van der Waals surface area contributed by atoms with Crippen molar-refractivity contribution in [3.8, 4) is 11.1 Å². The van der Waals surface area contributed by atoms with E-state index in [4.69, 9.17) is 0 Å². The first-order valence-corrected chi connectivity index (χ1v) is 14.1. The van der Waals surface area contributed by atoms with Gasteiger partial charge in [0.25, 0.3) is 5.91 Å². The van der Waals surface area contributed by atoms with Gasteiger partial charge in [-0.3, -0.25) is 19.2 Å². The van der Waals surface area contributed by atoms with Crippen molar-refractivity contribution in [3.05, 3.63) is 64.1 Å². The number of aromatic nitrogens is 3. The van der Waals surface area contributed by atoms with Gasteiger partial charge in [-0.15, -0.1) is 0 Å². The molecule has 11 nitrogen and oxygen atoms in total. The van der Waals surface area contributed by atoms with Crippen LogP contribution in [0.3, 0.4) is 0 Å². The number of carbonyl (C=O) groups excluding carboxylic acids is 1. The lowest BCUT2D eigenvalue weighted by Crippen LogP contribution is -2.55. The molecule has 0 saturated carbocycles. The fourth-order valence-electron chi connectivity index (χ4n) is 4.52. The minimum atomic E-state index is -4.99. The van der Waals surface area contributed by atoms with Gasteiger partial charge in [0.2, 0.25) is 21.5 Å². The Morgan fingerprint density at radius 1 is 1.10 bits per heavy atom. The molecule has 1 aliphatic rings. The number of likely N-dealkylation sites (N-methyl/N-ethyl adjacent to an activating group) is 1. The molecule has 2 unspecified atom stereocenters. The van der Waals surface area contributed by atoms with Crippen molar-refractivity contribution in [2.45, 2.75) is 32.1 Å². The SMILES string of the molecule is CC1CN(c2cc(F)c(-c3cnc(NS(C)(=O)=O)nc3)cc2NC(=O)c2c[nH]c(=O)cc2C(F)(F)F)CC(C)N1C. The number of rotatable bonds is 6. The second kappa shape index (κ2) is 11.1. The summed E-state index contributed by atoms with van der Waals surface area (Å²) in [5.74, 6) is -2.16. The van der Waals surface area contributed by atoms with Gasteiger partial charge < -0.3 is 15.2 Å². The van der Waals surface area contributed by atoms with E-state index in [1.165, 1.54) is 6.07 Å². The predicted molar refractivity (Wildman–Crippen MR) is 145 cm³/mol. The Morgan fingerprint density at radius 2 is 1.71 bits per heavy atom. The number of benzene rings is 1. The third kappa shape index (κ3) is 6.82. The third-order valence-corrected chi connectivity index (χ3v) is 7.30. The summed E-state index contributed by atoms with van der Waals surface area (Å²) in [5, 5.41) is 2.46. The molecule has 16 heteroatoms. The number of hydrogen-bond acceptors (Lipinski definition) is 8. The molecule has 41 heavy (non-hydrogen) atoms. The van der Waals surface area contributed by atoms with Crippen molar-refractivity contribution >= 4 is 33.3 Å². The van der Waals surface area contributed by atoms with Gasteiger partial charge in [0.15, 0.2) is 0 Å². The normalized spacial score (nSPS) is 18.3. The molecule has 1 saturated heterocycles. The lowest BCUT2D eigenvalue weighted by molar-refractivity contribution is -0.138. The van der Waals surface area contributed by atoms with Gasteiger partial charge in [0.1, 0.15) is 5.82 Å². The molecule has 2 aromatic heterocycles. The van der Waals surface area contributed by atoms with Gasteiger partial charge >= 0.3 is 6.18 Å². The summed E-state index contributed by atoms with van der Waals surface area (Å²) < 4.78 is 81.4. The Bertz CT molecular complexity index is 1620. The van der Waals surface area contributed by atoms with E-state index in [2.05, 4.69) is 29.9 Å². The fourth-order valence-corrected chi connectivity index (χ4v) is 4.95. The second-order valence-corrected chi connectivity index (χ2v) is 11.6. The zero-order valence-electron chi connectivity index (χ0n) is 22.4. The number of halogens is 4. The number of piperazine rings is 1. The topological polar surface area (TPSA) is 140 Å². The van der Waals surface area contributed by atoms with Gasteiger partial charge in [0.05, 0.1) is 28.8 Å². The number of alkyl halides is 3. The summed E-state index contributed by atoms with van der Waals surface area (Å²) in [4.78, 5) is 38.5. The summed E-state index contributed by atoms with van der Waals surface area (Å²) in [5.41, 5.74) is -3.02. The van der Waals surface area contributed by atoms with Crippen LogP contribution in [0, 0.1) is 5.82 Å². The minimum Gasteiger partial charge on any atom is -0.367 e. The Morgan fingerprint density at radius 3 is 2.27 bits per heavy atom. The Balaban J connectivity index is 1.80. The molecule has 0 radical (unpaired) electrons. The molecule has 1 aromatic carbocycles. The summed E-state index contributed by atoms with van der Waals surface area (Å²) in [6.45, 7) is 4.80. The first kappa shape index (κ1) is 29.9. The van der Waals surface area contributed by atoms with Gasteiger partial charge in [-0.2, -0.15) is 13.2 Å². The second-order valence-electron chi connectivity index (χ2n) is 9.86. The first-order valence-electron chi connectivity index (χ1n) is 12.3. The predicted octanol–water partition coefficient (Wildman–Crippen LogP) is 3.14. The van der Waals surface area contributed by atoms with Crippen molar-refractivity contribution in [3.63, 3.8) is 0 Å². The number of nitrogens with zero attached hydrogens (tertiary/aromatic N) is 4. The molecule has 4 rings (SSSR count). The largest absolute Gasteiger partial charge is 0.417 e. The number of amides is 1. The highest BCUT2D eigenvalue weighted by Crippen LogP contribution is 2.37. The molecule has 0 spiro atoms. The molecule has 3 heterocycles. The Hall–Kier alpha value is -4.05. The summed E-state index contributed by atoms with van der Waals surface area (Å²) in [6, 6.07) is 2.76. The van der Waals surface area contributed by atoms with E-state index >= 15 is 4.39 Å². The molecule has 0 bridgehead atoms. The van der Waals surface area contributed by atoms with E-state index in [0.717, 1.165) is 24.7 Å². The number of nitrogens with one attached hydrogen (secondary N) is 3. The van der Waals surface area contributed by atoms with Gasteiger partial charge in [-0.05, 0) is 33.0 Å². The molecule has 1 fully saturated rings. The molecule has 1 amide bonds.